The van der Waals surface area contributed by atoms with E-state index in [1.807, 2.05) is 0 Å². The highest BCUT2D eigenvalue weighted by Gasteiger charge is 2.18. The normalized spacial score (nSPS) is 11.0. The largest absolute Gasteiger partial charge is 0.462 e. The van der Waals surface area contributed by atoms with Gasteiger partial charge in [-0.2, -0.15) is 0 Å². The van der Waals surface area contributed by atoms with E-state index >= 15 is 0 Å². The number of carbonyl (C=O) groups excluding carboxylic acids is 2. The predicted octanol–water partition coefficient (Wildman–Crippen LogP) is 1.82. The van der Waals surface area contributed by atoms with Gasteiger partial charge < -0.3 is 10.5 Å². The number of carbonyl (C=O) groups is 2. The van der Waals surface area contributed by atoms with E-state index in [1.165, 1.54) is 35.7 Å². The molecule has 0 atom stereocenters. The molecule has 2 rings (SSSR count). The Balaban J connectivity index is 2.16. The molecule has 1 aromatic carbocycles. The van der Waals surface area contributed by atoms with Crippen molar-refractivity contribution >= 4 is 38.9 Å². The van der Waals surface area contributed by atoms with Crippen LogP contribution in [0.4, 0.5) is 5.69 Å². The number of sulfonamides is 1. The van der Waals surface area contributed by atoms with Crippen molar-refractivity contribution in [1.29, 1.82) is 0 Å². The molecular weight excluding hydrogens is 340 g/mol. The first-order chi connectivity index (χ1) is 10.8. The summed E-state index contributed by atoms with van der Waals surface area (Å²) in [4.78, 5) is 22.7. The Morgan fingerprint density at radius 2 is 1.91 bits per heavy atom. The fourth-order valence-electron chi connectivity index (χ4n) is 1.69. The van der Waals surface area contributed by atoms with Gasteiger partial charge >= 0.3 is 5.97 Å². The van der Waals surface area contributed by atoms with Gasteiger partial charge in [0.05, 0.1) is 21.9 Å². The van der Waals surface area contributed by atoms with Crippen molar-refractivity contribution in [3.8, 4) is 0 Å². The fraction of sp³-hybridized carbons (Fsp3) is 0.143. The number of nitrogens with two attached hydrogens (primary N) is 1. The van der Waals surface area contributed by atoms with Crippen LogP contribution in [-0.4, -0.2) is 26.9 Å². The molecule has 2 aromatic rings. The Labute approximate surface area is 137 Å². The molecule has 9 heteroatoms. The van der Waals surface area contributed by atoms with Gasteiger partial charge in [0.1, 0.15) is 0 Å². The highest BCUT2D eigenvalue weighted by Crippen LogP contribution is 2.22. The van der Waals surface area contributed by atoms with E-state index in [-0.39, 0.29) is 22.1 Å². The SMILES string of the molecule is CCOC(=O)c1ccc(NS(=O)(=O)c2csc(C(N)=O)c2)cc1. The van der Waals surface area contributed by atoms with Crippen molar-refractivity contribution in [2.75, 3.05) is 11.3 Å². The fourth-order valence-corrected chi connectivity index (χ4v) is 3.88. The Morgan fingerprint density at radius 1 is 1.26 bits per heavy atom. The molecule has 122 valence electrons. The van der Waals surface area contributed by atoms with E-state index in [2.05, 4.69) is 4.72 Å². The maximum atomic E-state index is 12.2. The van der Waals surface area contributed by atoms with E-state index in [4.69, 9.17) is 10.5 Å². The number of amides is 1. The minimum absolute atomic E-state index is 0.0502. The second-order valence-electron chi connectivity index (χ2n) is 4.41. The smallest absolute Gasteiger partial charge is 0.338 e. The second kappa shape index (κ2) is 6.80. The van der Waals surface area contributed by atoms with E-state index in [0.29, 0.717) is 5.56 Å². The summed E-state index contributed by atoms with van der Waals surface area (Å²) in [6.45, 7) is 1.95. The summed E-state index contributed by atoms with van der Waals surface area (Å²) in [5.41, 5.74) is 5.71. The van der Waals surface area contributed by atoms with Crippen molar-refractivity contribution in [1.82, 2.24) is 0 Å². The average molecular weight is 354 g/mol. The second-order valence-corrected chi connectivity index (χ2v) is 7.01. The standard InChI is InChI=1S/C14H14N2O5S2/c1-2-21-14(18)9-3-5-10(6-4-9)16-23(19,20)11-7-12(13(15)17)22-8-11/h3-8,16H,2H2,1H3,(H2,15,17). The minimum Gasteiger partial charge on any atom is -0.462 e. The molecule has 0 aliphatic rings. The number of nitrogens with one attached hydrogen (secondary N) is 1. The number of esters is 1. The number of hydrogen-bond donors (Lipinski definition) is 2. The molecule has 0 unspecified atom stereocenters. The Kier molecular flexibility index (Phi) is 5.02. The zero-order valence-corrected chi connectivity index (χ0v) is 13.7. The third-order valence-electron chi connectivity index (χ3n) is 2.78. The van der Waals surface area contributed by atoms with Gasteiger partial charge in [-0.3, -0.25) is 9.52 Å². The molecule has 0 saturated carbocycles. The molecule has 3 N–H and O–H groups in total. The lowest BCUT2D eigenvalue weighted by molar-refractivity contribution is 0.0526. The monoisotopic (exact) mass is 354 g/mol. The number of hydrogen-bond acceptors (Lipinski definition) is 6. The molecule has 0 aliphatic carbocycles. The van der Waals surface area contributed by atoms with Crippen LogP contribution in [0.3, 0.4) is 0 Å². The van der Waals surface area contributed by atoms with Crippen LogP contribution in [-0.2, 0) is 14.8 Å². The summed E-state index contributed by atoms with van der Waals surface area (Å²) in [6, 6.07) is 7.02. The van der Waals surface area contributed by atoms with Crippen LogP contribution in [0.25, 0.3) is 0 Å². The van der Waals surface area contributed by atoms with Crippen molar-refractivity contribution in [3.05, 3.63) is 46.2 Å². The number of benzene rings is 1. The number of primary amides is 1. The molecule has 0 aliphatic heterocycles. The molecular formula is C14H14N2O5S2. The highest BCUT2D eigenvalue weighted by atomic mass is 32.2. The van der Waals surface area contributed by atoms with Gasteiger partial charge in [0.2, 0.25) is 0 Å². The summed E-state index contributed by atoms with van der Waals surface area (Å²) >= 11 is 0.952. The molecule has 0 bridgehead atoms. The molecule has 0 saturated heterocycles. The van der Waals surface area contributed by atoms with E-state index in [1.54, 1.807) is 6.92 Å². The molecule has 1 heterocycles. The summed E-state index contributed by atoms with van der Waals surface area (Å²) in [5.74, 6) is -1.17. The quantitative estimate of drug-likeness (QED) is 0.768. The summed E-state index contributed by atoms with van der Waals surface area (Å²) in [6.07, 6.45) is 0. The first-order valence-electron chi connectivity index (χ1n) is 6.52. The van der Waals surface area contributed by atoms with Crippen LogP contribution < -0.4 is 10.5 Å². The number of ether oxygens (including phenoxy) is 1. The Bertz CT molecular complexity index is 825. The van der Waals surface area contributed by atoms with E-state index in [9.17, 15) is 18.0 Å². The molecule has 0 fully saturated rings. The van der Waals surface area contributed by atoms with Crippen LogP contribution in [0.15, 0.2) is 40.6 Å². The van der Waals surface area contributed by atoms with Crippen LogP contribution in [0, 0.1) is 0 Å². The number of rotatable bonds is 6. The number of anilines is 1. The van der Waals surface area contributed by atoms with Gasteiger partial charge in [-0.15, -0.1) is 11.3 Å². The first kappa shape index (κ1) is 17.0. The maximum Gasteiger partial charge on any atom is 0.338 e. The minimum atomic E-state index is -3.83. The van der Waals surface area contributed by atoms with Crippen molar-refractivity contribution in [2.24, 2.45) is 5.73 Å². The van der Waals surface area contributed by atoms with Gasteiger partial charge in [-0.25, -0.2) is 13.2 Å². The zero-order valence-electron chi connectivity index (χ0n) is 12.1. The van der Waals surface area contributed by atoms with Crippen LogP contribution in [0.2, 0.25) is 0 Å². The number of thiophene rings is 1. The average Bonchev–Trinajstić information content (AvgIpc) is 2.99. The Morgan fingerprint density at radius 3 is 2.43 bits per heavy atom. The predicted molar refractivity (Wildman–Crippen MR) is 86.0 cm³/mol. The van der Waals surface area contributed by atoms with Gasteiger partial charge in [-0.05, 0) is 37.3 Å². The molecule has 23 heavy (non-hydrogen) atoms. The van der Waals surface area contributed by atoms with Gasteiger partial charge in [0.15, 0.2) is 0 Å². The van der Waals surface area contributed by atoms with E-state index < -0.39 is 21.9 Å². The molecule has 0 radical (unpaired) electrons. The summed E-state index contributed by atoms with van der Waals surface area (Å²) in [7, 11) is -3.83. The lowest BCUT2D eigenvalue weighted by Crippen LogP contribution is -2.13. The summed E-state index contributed by atoms with van der Waals surface area (Å²) in [5, 5.41) is 1.33. The van der Waals surface area contributed by atoms with Crippen molar-refractivity contribution in [2.45, 2.75) is 11.8 Å². The van der Waals surface area contributed by atoms with Crippen LogP contribution >= 0.6 is 11.3 Å². The van der Waals surface area contributed by atoms with Crippen molar-refractivity contribution in [3.63, 3.8) is 0 Å². The molecule has 0 spiro atoms. The zero-order chi connectivity index (χ0) is 17.0. The lowest BCUT2D eigenvalue weighted by atomic mass is 10.2. The molecule has 1 amide bonds. The molecule has 7 nitrogen and oxygen atoms in total. The lowest BCUT2D eigenvalue weighted by Gasteiger charge is -2.07. The maximum absolute atomic E-state index is 12.2. The van der Waals surface area contributed by atoms with Crippen LogP contribution in [0.1, 0.15) is 27.0 Å². The Hall–Kier alpha value is -2.39. The summed E-state index contributed by atoms with van der Waals surface area (Å²) < 4.78 is 31.6. The van der Waals surface area contributed by atoms with Gasteiger partial charge in [-0.1, -0.05) is 0 Å². The van der Waals surface area contributed by atoms with Gasteiger partial charge in [0, 0.05) is 11.1 Å². The van der Waals surface area contributed by atoms with Crippen molar-refractivity contribution < 1.29 is 22.7 Å². The first-order valence-corrected chi connectivity index (χ1v) is 8.88. The highest BCUT2D eigenvalue weighted by molar-refractivity contribution is 7.92. The van der Waals surface area contributed by atoms with Crippen LogP contribution in [0.5, 0.6) is 0 Å². The third kappa shape index (κ3) is 4.08. The van der Waals surface area contributed by atoms with E-state index in [0.717, 1.165) is 11.3 Å². The van der Waals surface area contributed by atoms with Gasteiger partial charge in [0.25, 0.3) is 15.9 Å². The third-order valence-corrected chi connectivity index (χ3v) is 5.23. The molecule has 1 aromatic heterocycles. The topological polar surface area (TPSA) is 116 Å².